The lowest BCUT2D eigenvalue weighted by atomic mass is 10.0. The number of halogens is 3. The Labute approximate surface area is 218 Å². The number of hydrogen-bond acceptors (Lipinski definition) is 6. The van der Waals surface area contributed by atoms with Gasteiger partial charge in [0.05, 0.1) is 28.3 Å². The Balaban J connectivity index is 1.47. The van der Waals surface area contributed by atoms with Gasteiger partial charge in [-0.25, -0.2) is 23.1 Å². The molecule has 0 amide bonds. The Morgan fingerprint density at radius 3 is 2.51 bits per heavy atom. The molecule has 2 aromatic carbocycles. The molecular weight excluding hydrogens is 517 g/mol. The first-order chi connectivity index (χ1) is 17.6. The molecule has 37 heavy (non-hydrogen) atoms. The predicted octanol–water partition coefficient (Wildman–Crippen LogP) is 6.71. The first kappa shape index (κ1) is 26.9. The summed E-state index contributed by atoms with van der Waals surface area (Å²) in [5.74, 6) is -2.84. The van der Waals surface area contributed by atoms with Crippen molar-refractivity contribution in [2.24, 2.45) is 0 Å². The first-order valence-electron chi connectivity index (χ1n) is 11.7. The molecule has 0 radical (unpaired) electrons. The Hall–Kier alpha value is -3.15. The van der Waals surface area contributed by atoms with Crippen LogP contribution in [0.15, 0.2) is 59.9 Å². The van der Waals surface area contributed by atoms with Crippen LogP contribution in [0.25, 0.3) is 11.0 Å². The number of anilines is 1. The van der Waals surface area contributed by atoms with E-state index in [-0.39, 0.29) is 22.6 Å². The van der Waals surface area contributed by atoms with Gasteiger partial charge in [0.25, 0.3) is 0 Å². The van der Waals surface area contributed by atoms with Crippen LogP contribution in [0.4, 0.5) is 18.9 Å². The van der Waals surface area contributed by atoms with E-state index in [2.05, 4.69) is 34.3 Å². The number of ketones is 1. The largest absolute Gasteiger partial charge is 0.361 e. The summed E-state index contributed by atoms with van der Waals surface area (Å²) in [6.07, 6.45) is 3.05. The molecule has 2 heterocycles. The summed E-state index contributed by atoms with van der Waals surface area (Å²) in [6.45, 7) is 7.86. The maximum Gasteiger partial charge on any atom is 0.171 e. The van der Waals surface area contributed by atoms with E-state index in [0.717, 1.165) is 18.2 Å². The van der Waals surface area contributed by atoms with Crippen molar-refractivity contribution in [3.63, 3.8) is 0 Å². The van der Waals surface area contributed by atoms with E-state index in [1.54, 1.807) is 0 Å². The van der Waals surface area contributed by atoms with Crippen LogP contribution < -0.4 is 4.72 Å². The summed E-state index contributed by atoms with van der Waals surface area (Å²) in [4.78, 5) is 21.3. The third-order valence-electron chi connectivity index (χ3n) is 5.67. The van der Waals surface area contributed by atoms with E-state index in [9.17, 15) is 13.6 Å². The molecule has 1 N–H and O–H groups in total. The van der Waals surface area contributed by atoms with E-state index in [0.29, 0.717) is 42.0 Å². The molecule has 0 bridgehead atoms. The summed E-state index contributed by atoms with van der Waals surface area (Å²) in [5.41, 5.74) is 0.884. The fourth-order valence-electron chi connectivity index (χ4n) is 3.60. The summed E-state index contributed by atoms with van der Waals surface area (Å²) in [6, 6.07) is 10.6. The number of carbonyl (C=O) groups is 1. The summed E-state index contributed by atoms with van der Waals surface area (Å²) in [5, 5.41) is 0.685. The van der Waals surface area contributed by atoms with Crippen LogP contribution in [-0.4, -0.2) is 35.0 Å². The lowest BCUT2D eigenvalue weighted by Crippen LogP contribution is -2.22. The summed E-state index contributed by atoms with van der Waals surface area (Å²) in [7, 11) is -1.20. The van der Waals surface area contributed by atoms with Crippen LogP contribution in [0, 0.1) is 17.5 Å². The molecule has 2 aromatic heterocycles. The minimum absolute atomic E-state index is 0.0621. The Morgan fingerprint density at radius 2 is 1.78 bits per heavy atom. The number of hydrogen-bond donors (Lipinski definition) is 1. The highest BCUT2D eigenvalue weighted by atomic mass is 32.2. The molecule has 0 aliphatic heterocycles. The maximum absolute atomic E-state index is 15.2. The second-order valence-corrected chi connectivity index (χ2v) is 16.2. The van der Waals surface area contributed by atoms with Crippen molar-refractivity contribution in [2.45, 2.75) is 43.7 Å². The number of Topliss-reactive ketones (excluding diaryl/α,β-unsaturated/α-hetero) is 1. The van der Waals surface area contributed by atoms with Crippen LogP contribution in [0.5, 0.6) is 0 Å². The van der Waals surface area contributed by atoms with E-state index >= 15 is 4.39 Å². The monoisotopic (exact) mass is 544 g/mol. The van der Waals surface area contributed by atoms with E-state index in [1.165, 1.54) is 30.6 Å². The Morgan fingerprint density at radius 1 is 1.05 bits per heavy atom. The normalized spacial score (nSPS) is 11.7. The number of rotatable bonds is 11. The number of carbonyl (C=O) groups excluding carboxylic acids is 1. The van der Waals surface area contributed by atoms with Crippen molar-refractivity contribution in [3.05, 3.63) is 83.7 Å². The molecular formula is C26H27F3N4O2SSi. The SMILES string of the molecule is C[Si](C)(C)CCOCn1ccc2c(CC(=O)c3cccc(NSc4c(F)cccc4F)c3F)ncnc21. The highest BCUT2D eigenvalue weighted by Crippen LogP contribution is 2.29. The molecule has 0 aliphatic carbocycles. The predicted molar refractivity (Wildman–Crippen MR) is 142 cm³/mol. The van der Waals surface area contributed by atoms with Crippen molar-refractivity contribution in [2.75, 3.05) is 11.3 Å². The third kappa shape index (κ3) is 6.59. The molecule has 4 aromatic rings. The van der Waals surface area contributed by atoms with Crippen molar-refractivity contribution >= 4 is 42.5 Å². The number of nitrogens with zero attached hydrogens (tertiary/aromatic N) is 3. The zero-order valence-corrected chi connectivity index (χ0v) is 22.5. The molecule has 0 aliphatic rings. The van der Waals surface area contributed by atoms with Gasteiger partial charge < -0.3 is 14.0 Å². The molecule has 194 valence electrons. The van der Waals surface area contributed by atoms with Gasteiger partial charge in [-0.3, -0.25) is 4.79 Å². The van der Waals surface area contributed by atoms with Crippen LogP contribution in [0.3, 0.4) is 0 Å². The fraction of sp³-hybridized carbons (Fsp3) is 0.269. The highest BCUT2D eigenvalue weighted by molar-refractivity contribution is 8.00. The van der Waals surface area contributed by atoms with Crippen molar-refractivity contribution in [3.8, 4) is 0 Å². The van der Waals surface area contributed by atoms with E-state index < -0.39 is 31.3 Å². The van der Waals surface area contributed by atoms with Gasteiger partial charge in [-0.2, -0.15) is 0 Å². The van der Waals surface area contributed by atoms with Gasteiger partial charge in [0.15, 0.2) is 11.6 Å². The molecule has 0 spiro atoms. The lowest BCUT2D eigenvalue weighted by Gasteiger charge is -2.15. The Kier molecular flexibility index (Phi) is 8.35. The zero-order chi connectivity index (χ0) is 26.6. The summed E-state index contributed by atoms with van der Waals surface area (Å²) >= 11 is 0.595. The van der Waals surface area contributed by atoms with Crippen LogP contribution in [0.2, 0.25) is 25.7 Å². The Bertz CT molecular complexity index is 1400. The molecule has 0 atom stereocenters. The van der Waals surface area contributed by atoms with Gasteiger partial charge in [0.2, 0.25) is 0 Å². The van der Waals surface area contributed by atoms with Crippen molar-refractivity contribution in [1.29, 1.82) is 0 Å². The average Bonchev–Trinajstić information content (AvgIpc) is 3.26. The molecule has 4 rings (SSSR count). The number of aromatic nitrogens is 3. The van der Waals surface area contributed by atoms with E-state index in [1.807, 2.05) is 16.8 Å². The molecule has 0 unspecified atom stereocenters. The summed E-state index contributed by atoms with van der Waals surface area (Å²) < 4.78 is 53.2. The maximum atomic E-state index is 15.2. The van der Waals surface area contributed by atoms with Crippen LogP contribution in [0.1, 0.15) is 16.1 Å². The quantitative estimate of drug-likeness (QED) is 0.0980. The smallest absolute Gasteiger partial charge is 0.171 e. The topological polar surface area (TPSA) is 69.0 Å². The van der Waals surface area contributed by atoms with Gasteiger partial charge in [-0.15, -0.1) is 0 Å². The number of fused-ring (bicyclic) bond motifs is 1. The van der Waals surface area contributed by atoms with Gasteiger partial charge in [-0.05, 0) is 48.3 Å². The number of ether oxygens (including phenoxy) is 1. The van der Waals surface area contributed by atoms with Gasteiger partial charge in [-0.1, -0.05) is 31.8 Å². The van der Waals surface area contributed by atoms with Gasteiger partial charge in [0.1, 0.15) is 30.3 Å². The van der Waals surface area contributed by atoms with Crippen LogP contribution >= 0.6 is 11.9 Å². The van der Waals surface area contributed by atoms with Gasteiger partial charge >= 0.3 is 0 Å². The van der Waals surface area contributed by atoms with Crippen molar-refractivity contribution < 1.29 is 22.7 Å². The minimum Gasteiger partial charge on any atom is -0.361 e. The third-order valence-corrected chi connectivity index (χ3v) is 8.29. The van der Waals surface area contributed by atoms with E-state index in [4.69, 9.17) is 4.74 Å². The fourth-order valence-corrected chi connectivity index (χ4v) is 5.06. The van der Waals surface area contributed by atoms with Gasteiger partial charge in [0, 0.05) is 26.3 Å². The molecule has 0 fully saturated rings. The highest BCUT2D eigenvalue weighted by Gasteiger charge is 2.19. The minimum atomic E-state index is -1.20. The lowest BCUT2D eigenvalue weighted by molar-refractivity contribution is 0.0899. The average molecular weight is 545 g/mol. The molecule has 11 heteroatoms. The van der Waals surface area contributed by atoms with Crippen molar-refractivity contribution in [1.82, 2.24) is 14.5 Å². The zero-order valence-electron chi connectivity index (χ0n) is 20.7. The van der Waals surface area contributed by atoms with Crippen LogP contribution in [-0.2, 0) is 17.9 Å². The second kappa shape index (κ2) is 11.5. The number of benzene rings is 2. The molecule has 6 nitrogen and oxygen atoms in total. The molecule has 0 saturated carbocycles. The number of nitrogens with one attached hydrogen (secondary N) is 1. The molecule has 0 saturated heterocycles. The standard InChI is InChI=1S/C26H27F3N4O2SSi/c1-37(2,3)13-12-35-16-33-11-10-17-22(30-15-31-26(17)33)14-23(34)18-6-4-9-21(24(18)29)32-36-25-19(27)7-5-8-20(25)28/h4-11,15,32H,12-14,16H2,1-3H3. The first-order valence-corrected chi connectivity index (χ1v) is 16.2. The second-order valence-electron chi connectivity index (χ2n) is 9.71.